The Kier molecular flexibility index (Phi) is 5.98. The molecule has 0 saturated heterocycles. The number of benzene rings is 1. The Balaban J connectivity index is 2.39. The molecule has 1 atom stereocenters. The van der Waals surface area contributed by atoms with E-state index in [2.05, 4.69) is 28.2 Å². The second-order valence-corrected chi connectivity index (χ2v) is 5.01. The maximum absolute atomic E-state index is 11.7. The molecule has 0 spiro atoms. The molecule has 0 fully saturated rings. The van der Waals surface area contributed by atoms with Gasteiger partial charge in [0.1, 0.15) is 0 Å². The molecule has 1 aromatic rings. The number of halogens is 1. The van der Waals surface area contributed by atoms with Crippen LogP contribution in [0.25, 0.3) is 0 Å². The summed E-state index contributed by atoms with van der Waals surface area (Å²) < 4.78 is 0. The molecule has 4 nitrogen and oxygen atoms in total. The molecule has 0 radical (unpaired) electrons. The lowest BCUT2D eigenvalue weighted by Gasteiger charge is -2.08. The summed E-state index contributed by atoms with van der Waals surface area (Å²) >= 11 is 3.41. The molecule has 1 amide bonds. The maximum atomic E-state index is 11.7. The first-order valence-corrected chi connectivity index (χ1v) is 7.03. The number of phenolic OH excluding ortho intramolecular Hbond substituents is 2. The molecular weight excluding hydrogens is 298 g/mol. The van der Waals surface area contributed by atoms with Gasteiger partial charge in [-0.25, -0.2) is 0 Å². The minimum Gasteiger partial charge on any atom is -0.504 e. The predicted molar refractivity (Wildman–Crippen MR) is 74.3 cm³/mol. The van der Waals surface area contributed by atoms with Crippen LogP contribution in [0.2, 0.25) is 0 Å². The summed E-state index contributed by atoms with van der Waals surface area (Å²) in [5, 5.41) is 22.2. The highest BCUT2D eigenvalue weighted by Gasteiger charge is 2.08. The molecule has 1 rings (SSSR count). The normalized spacial score (nSPS) is 12.1. The summed E-state index contributed by atoms with van der Waals surface area (Å²) in [6, 6.07) is 4.04. The van der Waals surface area contributed by atoms with Crippen molar-refractivity contribution in [3.05, 3.63) is 23.8 Å². The third kappa shape index (κ3) is 4.56. The van der Waals surface area contributed by atoms with E-state index in [-0.39, 0.29) is 17.4 Å². The molecule has 0 saturated carbocycles. The van der Waals surface area contributed by atoms with Crippen LogP contribution in [0.4, 0.5) is 0 Å². The number of carbonyl (C=O) groups is 1. The standard InChI is InChI=1S/C13H18BrNO3/c1-9(8-14)3-2-6-15-13(18)10-4-5-11(16)12(17)7-10/h4-5,7,9,16-17H,2-3,6,8H2,1H3,(H,15,18). The van der Waals surface area contributed by atoms with Gasteiger partial charge in [-0.15, -0.1) is 0 Å². The molecule has 0 aliphatic rings. The number of hydrogen-bond acceptors (Lipinski definition) is 3. The van der Waals surface area contributed by atoms with Crippen molar-refractivity contribution in [3.63, 3.8) is 0 Å². The van der Waals surface area contributed by atoms with Gasteiger partial charge in [0.2, 0.25) is 0 Å². The van der Waals surface area contributed by atoms with E-state index in [9.17, 15) is 9.90 Å². The summed E-state index contributed by atoms with van der Waals surface area (Å²) in [5.74, 6) is -0.148. The number of carbonyl (C=O) groups excluding carboxylic acids is 1. The number of nitrogens with one attached hydrogen (secondary N) is 1. The van der Waals surface area contributed by atoms with Crippen LogP contribution in [0, 0.1) is 5.92 Å². The fourth-order valence-electron chi connectivity index (χ4n) is 1.50. The van der Waals surface area contributed by atoms with Crippen molar-refractivity contribution in [2.75, 3.05) is 11.9 Å². The lowest BCUT2D eigenvalue weighted by molar-refractivity contribution is 0.0952. The number of phenols is 2. The van der Waals surface area contributed by atoms with E-state index in [0.29, 0.717) is 18.0 Å². The lowest BCUT2D eigenvalue weighted by Crippen LogP contribution is -2.24. The maximum Gasteiger partial charge on any atom is 0.251 e. The largest absolute Gasteiger partial charge is 0.504 e. The molecule has 0 aliphatic heterocycles. The molecule has 1 unspecified atom stereocenters. The van der Waals surface area contributed by atoms with Crippen molar-refractivity contribution in [2.24, 2.45) is 5.92 Å². The summed E-state index contributed by atoms with van der Waals surface area (Å²) in [7, 11) is 0. The number of rotatable bonds is 6. The number of amides is 1. The van der Waals surface area contributed by atoms with E-state index in [0.717, 1.165) is 18.2 Å². The predicted octanol–water partition coefficient (Wildman–Crippen LogP) is 2.64. The molecular formula is C13H18BrNO3. The SMILES string of the molecule is CC(CBr)CCCNC(=O)c1ccc(O)c(O)c1. The minimum atomic E-state index is -0.282. The highest BCUT2D eigenvalue weighted by molar-refractivity contribution is 9.09. The van der Waals surface area contributed by atoms with E-state index >= 15 is 0 Å². The van der Waals surface area contributed by atoms with Crippen molar-refractivity contribution in [3.8, 4) is 11.5 Å². The first kappa shape index (κ1) is 14.8. The van der Waals surface area contributed by atoms with Crippen molar-refractivity contribution < 1.29 is 15.0 Å². The highest BCUT2D eigenvalue weighted by atomic mass is 79.9. The van der Waals surface area contributed by atoms with Gasteiger partial charge >= 0.3 is 0 Å². The molecule has 100 valence electrons. The molecule has 3 N–H and O–H groups in total. The zero-order chi connectivity index (χ0) is 13.5. The van der Waals surface area contributed by atoms with Gasteiger partial charge in [0.05, 0.1) is 0 Å². The molecule has 0 aromatic heterocycles. The van der Waals surface area contributed by atoms with E-state index in [1.165, 1.54) is 18.2 Å². The topological polar surface area (TPSA) is 69.6 Å². The van der Waals surface area contributed by atoms with Crippen LogP contribution in [0.3, 0.4) is 0 Å². The van der Waals surface area contributed by atoms with Crippen LogP contribution in [-0.4, -0.2) is 28.0 Å². The Labute approximate surface area is 115 Å². The van der Waals surface area contributed by atoms with Gasteiger partial charge in [-0.05, 0) is 37.0 Å². The van der Waals surface area contributed by atoms with E-state index in [1.807, 2.05) is 0 Å². The quantitative estimate of drug-likeness (QED) is 0.429. The van der Waals surface area contributed by atoms with Crippen molar-refractivity contribution in [1.82, 2.24) is 5.32 Å². The average Bonchev–Trinajstić information content (AvgIpc) is 2.37. The summed E-state index contributed by atoms with van der Waals surface area (Å²) in [4.78, 5) is 11.7. The van der Waals surface area contributed by atoms with Gasteiger partial charge in [-0.2, -0.15) is 0 Å². The summed E-state index contributed by atoms with van der Waals surface area (Å²) in [6.07, 6.45) is 1.97. The van der Waals surface area contributed by atoms with E-state index < -0.39 is 0 Å². The van der Waals surface area contributed by atoms with Gasteiger partial charge in [0, 0.05) is 17.4 Å². The van der Waals surface area contributed by atoms with Gasteiger partial charge in [-0.3, -0.25) is 4.79 Å². The van der Waals surface area contributed by atoms with E-state index in [1.54, 1.807) is 0 Å². The van der Waals surface area contributed by atoms with Crippen LogP contribution in [0.1, 0.15) is 30.1 Å². The second kappa shape index (κ2) is 7.26. The number of aromatic hydroxyl groups is 2. The van der Waals surface area contributed by atoms with E-state index in [4.69, 9.17) is 5.11 Å². The van der Waals surface area contributed by atoms with Gasteiger partial charge in [0.25, 0.3) is 5.91 Å². The van der Waals surface area contributed by atoms with Crippen LogP contribution in [0.15, 0.2) is 18.2 Å². The highest BCUT2D eigenvalue weighted by Crippen LogP contribution is 2.24. The van der Waals surface area contributed by atoms with Crippen LogP contribution < -0.4 is 5.32 Å². The first-order chi connectivity index (χ1) is 8.54. The Morgan fingerprint density at radius 2 is 2.11 bits per heavy atom. The summed E-state index contributed by atoms with van der Waals surface area (Å²) in [6.45, 7) is 2.76. The Morgan fingerprint density at radius 3 is 2.72 bits per heavy atom. The van der Waals surface area contributed by atoms with Crippen LogP contribution in [-0.2, 0) is 0 Å². The molecule has 18 heavy (non-hydrogen) atoms. The Bertz CT molecular complexity index is 409. The molecule has 5 heteroatoms. The first-order valence-electron chi connectivity index (χ1n) is 5.90. The summed E-state index contributed by atoms with van der Waals surface area (Å²) in [5.41, 5.74) is 0.346. The third-order valence-electron chi connectivity index (χ3n) is 2.66. The van der Waals surface area contributed by atoms with Gasteiger partial charge in [-0.1, -0.05) is 22.9 Å². The smallest absolute Gasteiger partial charge is 0.251 e. The fraction of sp³-hybridized carbons (Fsp3) is 0.462. The van der Waals surface area contributed by atoms with Gasteiger partial charge in [0.15, 0.2) is 11.5 Å². The molecule has 1 aromatic carbocycles. The molecule has 0 aliphatic carbocycles. The lowest BCUT2D eigenvalue weighted by atomic mass is 10.1. The van der Waals surface area contributed by atoms with Gasteiger partial charge < -0.3 is 15.5 Å². The Morgan fingerprint density at radius 1 is 1.39 bits per heavy atom. The number of alkyl halides is 1. The zero-order valence-corrected chi connectivity index (χ0v) is 11.9. The monoisotopic (exact) mass is 315 g/mol. The molecule has 0 heterocycles. The van der Waals surface area contributed by atoms with Crippen LogP contribution in [0.5, 0.6) is 11.5 Å². The third-order valence-corrected chi connectivity index (χ3v) is 3.77. The second-order valence-electron chi connectivity index (χ2n) is 4.36. The van der Waals surface area contributed by atoms with Crippen molar-refractivity contribution in [1.29, 1.82) is 0 Å². The number of hydrogen-bond donors (Lipinski definition) is 3. The fourth-order valence-corrected chi connectivity index (χ4v) is 1.82. The van der Waals surface area contributed by atoms with Crippen LogP contribution >= 0.6 is 15.9 Å². The van der Waals surface area contributed by atoms with Crippen molar-refractivity contribution >= 4 is 21.8 Å². The van der Waals surface area contributed by atoms with Crippen molar-refractivity contribution in [2.45, 2.75) is 19.8 Å². The Hall–Kier alpha value is -1.23. The minimum absolute atomic E-state index is 0.224. The molecule has 0 bridgehead atoms. The average molecular weight is 316 g/mol. The zero-order valence-electron chi connectivity index (χ0n) is 10.3.